The van der Waals surface area contributed by atoms with Gasteiger partial charge in [0, 0.05) is 19.2 Å². The van der Waals surface area contributed by atoms with Gasteiger partial charge in [-0.1, -0.05) is 6.42 Å². The number of benzene rings is 1. The molecule has 1 aliphatic heterocycles. The molecule has 0 aromatic heterocycles. The summed E-state index contributed by atoms with van der Waals surface area (Å²) in [7, 11) is -3.82. The molecular weight excluding hydrogens is 276 g/mol. The molecule has 3 N–H and O–H groups in total. The predicted molar refractivity (Wildman–Crippen MR) is 68.7 cm³/mol. The minimum absolute atomic E-state index is 0.308. The van der Waals surface area contributed by atoms with Crippen LogP contribution in [0.3, 0.4) is 0 Å². The molecule has 1 fully saturated rings. The van der Waals surface area contributed by atoms with Crippen molar-refractivity contribution in [3.05, 3.63) is 23.8 Å². The maximum absolute atomic E-state index is 13.5. The zero-order valence-electron chi connectivity index (χ0n) is 10.2. The molecule has 2 rings (SSSR count). The largest absolute Gasteiger partial charge is 0.396 e. The minimum Gasteiger partial charge on any atom is -0.396 e. The molecule has 8 heteroatoms. The first-order chi connectivity index (χ1) is 8.90. The van der Waals surface area contributed by atoms with E-state index in [9.17, 15) is 17.2 Å². The Balaban J connectivity index is 2.22. The van der Waals surface area contributed by atoms with E-state index in [1.807, 2.05) is 0 Å². The van der Waals surface area contributed by atoms with Crippen LogP contribution in [0, 0.1) is 11.6 Å². The highest BCUT2D eigenvalue weighted by Crippen LogP contribution is 2.23. The van der Waals surface area contributed by atoms with Crippen molar-refractivity contribution in [1.29, 1.82) is 0 Å². The van der Waals surface area contributed by atoms with E-state index in [4.69, 9.17) is 5.73 Å². The van der Waals surface area contributed by atoms with Crippen LogP contribution in [-0.2, 0) is 10.2 Å². The minimum atomic E-state index is -3.82. The summed E-state index contributed by atoms with van der Waals surface area (Å²) in [6.45, 7) is 0.793. The van der Waals surface area contributed by atoms with Crippen LogP contribution in [0.25, 0.3) is 0 Å². The van der Waals surface area contributed by atoms with Crippen LogP contribution >= 0.6 is 0 Å². The summed E-state index contributed by atoms with van der Waals surface area (Å²) in [6, 6.07) is 1.50. The first-order valence-corrected chi connectivity index (χ1v) is 7.36. The Labute approximate surface area is 110 Å². The summed E-state index contributed by atoms with van der Waals surface area (Å²) in [5.41, 5.74) is 4.65. The third kappa shape index (κ3) is 3.13. The van der Waals surface area contributed by atoms with Gasteiger partial charge in [0.25, 0.3) is 0 Å². The lowest BCUT2D eigenvalue weighted by molar-refractivity contribution is 0.349. The molecule has 0 amide bonds. The van der Waals surface area contributed by atoms with Gasteiger partial charge in [0.15, 0.2) is 0 Å². The number of rotatable bonds is 3. The number of nitrogens with one attached hydrogen (secondary N) is 1. The number of nitrogens with two attached hydrogens (primary N) is 1. The summed E-state index contributed by atoms with van der Waals surface area (Å²) in [6.07, 6.45) is 2.52. The molecule has 1 aliphatic rings. The molecule has 1 aromatic rings. The molecule has 0 bridgehead atoms. The van der Waals surface area contributed by atoms with Crippen molar-refractivity contribution in [2.75, 3.05) is 23.5 Å². The second kappa shape index (κ2) is 5.30. The van der Waals surface area contributed by atoms with Gasteiger partial charge >= 0.3 is 10.2 Å². The Morgan fingerprint density at radius 2 is 1.74 bits per heavy atom. The molecular formula is C11H15F2N3O2S. The van der Waals surface area contributed by atoms with E-state index in [2.05, 4.69) is 4.72 Å². The van der Waals surface area contributed by atoms with Gasteiger partial charge in [-0.3, -0.25) is 4.72 Å². The number of nitrogens with zero attached hydrogens (tertiary/aromatic N) is 1. The normalized spacial score (nSPS) is 17.4. The van der Waals surface area contributed by atoms with Crippen molar-refractivity contribution < 1.29 is 17.2 Å². The standard InChI is InChI=1S/C11H15F2N3O2S/c12-8-6-9(13)11(7-10(8)14)15-19(17,18)16-4-2-1-3-5-16/h6-7,15H,1-5,14H2. The maximum atomic E-state index is 13.5. The summed E-state index contributed by atoms with van der Waals surface area (Å²) in [5, 5.41) is 0. The molecule has 0 radical (unpaired) electrons. The second-order valence-electron chi connectivity index (χ2n) is 4.42. The van der Waals surface area contributed by atoms with E-state index >= 15 is 0 Å². The first kappa shape index (κ1) is 14.0. The van der Waals surface area contributed by atoms with Crippen molar-refractivity contribution in [1.82, 2.24) is 4.31 Å². The van der Waals surface area contributed by atoms with E-state index < -0.39 is 21.8 Å². The maximum Gasteiger partial charge on any atom is 0.301 e. The van der Waals surface area contributed by atoms with Crippen molar-refractivity contribution in [2.24, 2.45) is 0 Å². The van der Waals surface area contributed by atoms with E-state index in [0.717, 1.165) is 25.3 Å². The summed E-state index contributed by atoms with van der Waals surface area (Å²) in [5.74, 6) is -1.91. The van der Waals surface area contributed by atoms with Crippen LogP contribution in [0.15, 0.2) is 12.1 Å². The third-order valence-corrected chi connectivity index (χ3v) is 4.50. The van der Waals surface area contributed by atoms with Gasteiger partial charge in [-0.15, -0.1) is 0 Å². The lowest BCUT2D eigenvalue weighted by Crippen LogP contribution is -2.39. The van der Waals surface area contributed by atoms with Crippen molar-refractivity contribution in [3.63, 3.8) is 0 Å². The molecule has 0 spiro atoms. The van der Waals surface area contributed by atoms with E-state index in [1.54, 1.807) is 0 Å². The molecule has 5 nitrogen and oxygen atoms in total. The Bertz CT molecular complexity index is 572. The lowest BCUT2D eigenvalue weighted by Gasteiger charge is -2.26. The van der Waals surface area contributed by atoms with Gasteiger partial charge in [0.1, 0.15) is 11.6 Å². The number of halogens is 2. The lowest BCUT2D eigenvalue weighted by atomic mass is 10.2. The number of anilines is 2. The Hall–Kier alpha value is -1.41. The summed E-state index contributed by atoms with van der Waals surface area (Å²) in [4.78, 5) is 0. The van der Waals surface area contributed by atoms with Crippen molar-refractivity contribution in [3.8, 4) is 0 Å². The Morgan fingerprint density at radius 3 is 2.37 bits per heavy atom. The Morgan fingerprint density at radius 1 is 1.11 bits per heavy atom. The van der Waals surface area contributed by atoms with Crippen LogP contribution in [0.5, 0.6) is 0 Å². The quantitative estimate of drug-likeness (QED) is 0.832. The SMILES string of the molecule is Nc1cc(NS(=O)(=O)N2CCCCC2)c(F)cc1F. The van der Waals surface area contributed by atoms with Crippen LogP contribution in [-0.4, -0.2) is 25.8 Å². The highest BCUT2D eigenvalue weighted by atomic mass is 32.2. The molecule has 1 heterocycles. The van der Waals surface area contributed by atoms with Crippen LogP contribution in [0.4, 0.5) is 20.2 Å². The highest BCUT2D eigenvalue weighted by molar-refractivity contribution is 7.90. The fourth-order valence-corrected chi connectivity index (χ4v) is 3.26. The van der Waals surface area contributed by atoms with Gasteiger partial charge in [0.2, 0.25) is 0 Å². The van der Waals surface area contributed by atoms with Gasteiger partial charge in [-0.2, -0.15) is 12.7 Å². The predicted octanol–water partition coefficient (Wildman–Crippen LogP) is 1.69. The Kier molecular flexibility index (Phi) is 3.91. The van der Waals surface area contributed by atoms with Crippen LogP contribution in [0.2, 0.25) is 0 Å². The van der Waals surface area contributed by atoms with E-state index in [-0.39, 0.29) is 11.4 Å². The fraction of sp³-hybridized carbons (Fsp3) is 0.455. The van der Waals surface area contributed by atoms with Crippen LogP contribution < -0.4 is 10.5 Å². The van der Waals surface area contributed by atoms with Gasteiger partial charge in [-0.25, -0.2) is 8.78 Å². The van der Waals surface area contributed by atoms with Crippen molar-refractivity contribution >= 4 is 21.6 Å². The molecule has 19 heavy (non-hydrogen) atoms. The molecule has 1 aromatic carbocycles. The first-order valence-electron chi connectivity index (χ1n) is 5.92. The summed E-state index contributed by atoms with van der Waals surface area (Å²) < 4.78 is 53.9. The fourth-order valence-electron chi connectivity index (χ4n) is 1.95. The number of hydrogen-bond donors (Lipinski definition) is 2. The smallest absolute Gasteiger partial charge is 0.301 e. The third-order valence-electron chi connectivity index (χ3n) is 2.98. The van der Waals surface area contributed by atoms with Gasteiger partial charge in [0.05, 0.1) is 11.4 Å². The average Bonchev–Trinajstić information content (AvgIpc) is 2.37. The topological polar surface area (TPSA) is 75.4 Å². The molecule has 0 atom stereocenters. The monoisotopic (exact) mass is 291 g/mol. The molecule has 0 aliphatic carbocycles. The molecule has 1 saturated heterocycles. The molecule has 0 unspecified atom stereocenters. The second-order valence-corrected chi connectivity index (χ2v) is 6.09. The number of hydrogen-bond acceptors (Lipinski definition) is 3. The zero-order valence-corrected chi connectivity index (χ0v) is 11.0. The summed E-state index contributed by atoms with van der Waals surface area (Å²) >= 11 is 0. The van der Waals surface area contributed by atoms with Gasteiger partial charge < -0.3 is 5.73 Å². The van der Waals surface area contributed by atoms with E-state index in [1.165, 1.54) is 4.31 Å². The van der Waals surface area contributed by atoms with Crippen LogP contribution in [0.1, 0.15) is 19.3 Å². The molecule has 106 valence electrons. The highest BCUT2D eigenvalue weighted by Gasteiger charge is 2.25. The molecule has 0 saturated carbocycles. The van der Waals surface area contributed by atoms with Gasteiger partial charge in [-0.05, 0) is 18.9 Å². The van der Waals surface area contributed by atoms with Crippen molar-refractivity contribution in [2.45, 2.75) is 19.3 Å². The number of piperidine rings is 1. The van der Waals surface area contributed by atoms with E-state index in [0.29, 0.717) is 19.2 Å². The number of nitrogen functional groups attached to an aromatic ring is 1. The average molecular weight is 291 g/mol. The zero-order chi connectivity index (χ0) is 14.0.